The van der Waals surface area contributed by atoms with Crippen molar-refractivity contribution in [3.8, 4) is 5.75 Å². The topological polar surface area (TPSA) is 84.5 Å². The highest BCUT2D eigenvalue weighted by Gasteiger charge is 2.27. The van der Waals surface area contributed by atoms with Crippen molar-refractivity contribution in [1.82, 2.24) is 0 Å². The number of anilines is 2. The number of aryl methyl sites for hydroxylation is 1. The van der Waals surface area contributed by atoms with E-state index in [-0.39, 0.29) is 35.5 Å². The summed E-state index contributed by atoms with van der Waals surface area (Å²) in [5, 5.41) is 5.58. The molecule has 0 bridgehead atoms. The molecule has 3 rings (SSSR count). The van der Waals surface area contributed by atoms with Crippen molar-refractivity contribution in [3.05, 3.63) is 89.0 Å². The highest BCUT2D eigenvalue weighted by molar-refractivity contribution is 6.11. The van der Waals surface area contributed by atoms with Crippen molar-refractivity contribution in [2.24, 2.45) is 0 Å². The summed E-state index contributed by atoms with van der Waals surface area (Å²) in [6.45, 7) is 14.9. The number of rotatable bonds is 12. The molecule has 0 spiro atoms. The van der Waals surface area contributed by atoms with Crippen LogP contribution in [0.15, 0.2) is 66.7 Å². The molecule has 0 atom stereocenters. The summed E-state index contributed by atoms with van der Waals surface area (Å²) >= 11 is 0. The average molecular weight is 543 g/mol. The summed E-state index contributed by atoms with van der Waals surface area (Å²) < 4.78 is 6.03. The molecule has 6 heteroatoms. The van der Waals surface area contributed by atoms with Gasteiger partial charge in [-0.25, -0.2) is 0 Å². The first-order chi connectivity index (χ1) is 18.9. The fourth-order valence-corrected chi connectivity index (χ4v) is 4.35. The lowest BCUT2D eigenvalue weighted by atomic mass is 9.76. The largest absolute Gasteiger partial charge is 0.483 e. The molecule has 0 saturated carbocycles. The van der Waals surface area contributed by atoms with Gasteiger partial charge in [0.25, 0.3) is 5.91 Å². The van der Waals surface area contributed by atoms with Crippen molar-refractivity contribution in [2.45, 2.75) is 78.6 Å². The SMILES string of the molecule is CCC(C)(C)c1ccc(OCC(=O)Nc2cccc(NC(=O)CC(=O)c3ccccc3C)c2)c(C(C)(C)CC)c1. The quantitative estimate of drug-likeness (QED) is 0.182. The van der Waals surface area contributed by atoms with E-state index >= 15 is 0 Å². The van der Waals surface area contributed by atoms with Gasteiger partial charge in [-0.15, -0.1) is 0 Å². The molecule has 40 heavy (non-hydrogen) atoms. The van der Waals surface area contributed by atoms with Gasteiger partial charge in [-0.3, -0.25) is 14.4 Å². The Balaban J connectivity index is 1.64. The van der Waals surface area contributed by atoms with E-state index < -0.39 is 5.91 Å². The molecule has 0 aromatic heterocycles. The minimum Gasteiger partial charge on any atom is -0.483 e. The first kappa shape index (κ1) is 30.6. The number of hydrogen-bond donors (Lipinski definition) is 2. The van der Waals surface area contributed by atoms with Crippen LogP contribution in [0.1, 0.15) is 87.9 Å². The Morgan fingerprint density at radius 2 is 1.38 bits per heavy atom. The second kappa shape index (κ2) is 12.9. The number of Topliss-reactive ketones (excluding diaryl/α,β-unsaturated/α-hetero) is 1. The predicted octanol–water partition coefficient (Wildman–Crippen LogP) is 7.60. The van der Waals surface area contributed by atoms with Gasteiger partial charge in [0.15, 0.2) is 12.4 Å². The molecule has 0 unspecified atom stereocenters. The summed E-state index contributed by atoms with van der Waals surface area (Å²) in [4.78, 5) is 37.8. The van der Waals surface area contributed by atoms with Crippen molar-refractivity contribution in [1.29, 1.82) is 0 Å². The van der Waals surface area contributed by atoms with Gasteiger partial charge in [-0.05, 0) is 66.0 Å². The number of carbonyl (C=O) groups is 3. The molecule has 0 saturated heterocycles. The van der Waals surface area contributed by atoms with Crippen LogP contribution >= 0.6 is 0 Å². The summed E-state index contributed by atoms with van der Waals surface area (Å²) in [5.41, 5.74) is 4.65. The molecule has 2 amide bonds. The highest BCUT2D eigenvalue weighted by Crippen LogP contribution is 2.38. The van der Waals surface area contributed by atoms with Crippen molar-refractivity contribution >= 4 is 29.0 Å². The monoisotopic (exact) mass is 542 g/mol. The Morgan fingerprint density at radius 1 is 0.750 bits per heavy atom. The van der Waals surface area contributed by atoms with Gasteiger partial charge in [0.1, 0.15) is 5.75 Å². The van der Waals surface area contributed by atoms with Crippen LogP contribution in [0, 0.1) is 6.92 Å². The number of benzene rings is 3. The molecule has 0 fully saturated rings. The standard InChI is InChI=1S/C34H42N2O4/c1-8-33(4,5)24-17-18-30(28(19-24)34(6,7)9-2)40-22-32(39)36-26-15-12-14-25(20-26)35-31(38)21-29(37)27-16-11-10-13-23(27)3/h10-20H,8-9,21-22H2,1-7H3,(H,35,38)(H,36,39). The zero-order valence-electron chi connectivity index (χ0n) is 24.8. The molecular weight excluding hydrogens is 500 g/mol. The van der Waals surface area contributed by atoms with Gasteiger partial charge in [0.05, 0.1) is 6.42 Å². The van der Waals surface area contributed by atoms with Gasteiger partial charge >= 0.3 is 0 Å². The van der Waals surface area contributed by atoms with Crippen molar-refractivity contribution < 1.29 is 19.1 Å². The normalized spacial score (nSPS) is 11.6. The fraction of sp³-hybridized carbons (Fsp3) is 0.382. The first-order valence-corrected chi connectivity index (χ1v) is 13.9. The smallest absolute Gasteiger partial charge is 0.262 e. The summed E-state index contributed by atoms with van der Waals surface area (Å²) in [5.74, 6) is -0.261. The molecular formula is C34H42N2O4. The molecule has 3 aromatic rings. The molecule has 0 aliphatic carbocycles. The van der Waals surface area contributed by atoms with E-state index in [0.29, 0.717) is 22.7 Å². The van der Waals surface area contributed by atoms with Crippen LogP contribution in [0.3, 0.4) is 0 Å². The van der Waals surface area contributed by atoms with Gasteiger partial charge in [-0.1, -0.05) is 84.0 Å². The number of ether oxygens (including phenoxy) is 1. The molecule has 3 aromatic carbocycles. The number of hydrogen-bond acceptors (Lipinski definition) is 4. The minimum atomic E-state index is -0.416. The lowest BCUT2D eigenvalue weighted by molar-refractivity contribution is -0.118. The van der Waals surface area contributed by atoms with E-state index in [1.165, 1.54) is 5.56 Å². The van der Waals surface area contributed by atoms with E-state index in [9.17, 15) is 14.4 Å². The first-order valence-electron chi connectivity index (χ1n) is 13.9. The van der Waals surface area contributed by atoms with Crippen LogP contribution in [0.5, 0.6) is 5.75 Å². The maximum absolute atomic E-state index is 12.8. The Kier molecular flexibility index (Phi) is 9.91. The Labute approximate surface area is 238 Å². The van der Waals surface area contributed by atoms with Gasteiger partial charge < -0.3 is 15.4 Å². The third-order valence-electron chi connectivity index (χ3n) is 7.81. The fourth-order valence-electron chi connectivity index (χ4n) is 4.35. The molecule has 0 radical (unpaired) electrons. The van der Waals surface area contributed by atoms with Crippen LogP contribution in [-0.2, 0) is 20.4 Å². The van der Waals surface area contributed by atoms with Crippen LogP contribution < -0.4 is 15.4 Å². The zero-order chi connectivity index (χ0) is 29.5. The second-order valence-corrected chi connectivity index (χ2v) is 11.6. The van der Waals surface area contributed by atoms with Gasteiger partial charge in [0.2, 0.25) is 5.91 Å². The molecule has 0 heterocycles. The van der Waals surface area contributed by atoms with E-state index in [1.807, 2.05) is 25.1 Å². The van der Waals surface area contributed by atoms with Gasteiger partial charge in [0, 0.05) is 22.5 Å². The Bertz CT molecular complexity index is 1370. The number of nitrogens with one attached hydrogen (secondary N) is 2. The lowest BCUT2D eigenvalue weighted by Crippen LogP contribution is -2.24. The van der Waals surface area contributed by atoms with Crippen LogP contribution in [0.2, 0.25) is 0 Å². The molecule has 0 aliphatic rings. The third kappa shape index (κ3) is 7.81. The summed E-state index contributed by atoms with van der Waals surface area (Å²) in [7, 11) is 0. The van der Waals surface area contributed by atoms with E-state index in [2.05, 4.69) is 64.3 Å². The summed E-state index contributed by atoms with van der Waals surface area (Å²) in [6, 6.07) is 20.3. The number of ketones is 1. The summed E-state index contributed by atoms with van der Waals surface area (Å²) in [6.07, 6.45) is 1.69. The molecule has 0 aliphatic heterocycles. The zero-order valence-corrected chi connectivity index (χ0v) is 24.8. The highest BCUT2D eigenvalue weighted by atomic mass is 16.5. The average Bonchev–Trinajstić information content (AvgIpc) is 2.92. The lowest BCUT2D eigenvalue weighted by Gasteiger charge is -2.30. The molecule has 2 N–H and O–H groups in total. The Morgan fingerprint density at radius 3 is 2.00 bits per heavy atom. The van der Waals surface area contributed by atoms with Crippen molar-refractivity contribution in [3.63, 3.8) is 0 Å². The van der Waals surface area contributed by atoms with Crippen molar-refractivity contribution in [2.75, 3.05) is 17.2 Å². The third-order valence-corrected chi connectivity index (χ3v) is 7.81. The Hall–Kier alpha value is -3.93. The van der Waals surface area contributed by atoms with E-state index in [4.69, 9.17) is 4.74 Å². The molecule has 212 valence electrons. The van der Waals surface area contributed by atoms with Crippen LogP contribution in [-0.4, -0.2) is 24.2 Å². The maximum Gasteiger partial charge on any atom is 0.262 e. The number of carbonyl (C=O) groups excluding carboxylic acids is 3. The minimum absolute atomic E-state index is 0.0443. The second-order valence-electron chi connectivity index (χ2n) is 11.6. The number of amides is 2. The van der Waals surface area contributed by atoms with Gasteiger partial charge in [-0.2, -0.15) is 0 Å². The van der Waals surface area contributed by atoms with Crippen LogP contribution in [0.25, 0.3) is 0 Å². The maximum atomic E-state index is 12.8. The van der Waals surface area contributed by atoms with E-state index in [1.54, 1.807) is 36.4 Å². The van der Waals surface area contributed by atoms with E-state index in [0.717, 1.165) is 24.0 Å². The molecule has 6 nitrogen and oxygen atoms in total. The van der Waals surface area contributed by atoms with Crippen LogP contribution in [0.4, 0.5) is 11.4 Å². The predicted molar refractivity (Wildman–Crippen MR) is 162 cm³/mol.